The van der Waals surface area contributed by atoms with Gasteiger partial charge in [0.1, 0.15) is 5.76 Å². The molecule has 0 fully saturated rings. The molecule has 1 aromatic heterocycles. The van der Waals surface area contributed by atoms with E-state index in [0.717, 1.165) is 4.31 Å². The molecule has 0 aliphatic rings. The molecule has 0 aliphatic carbocycles. The van der Waals surface area contributed by atoms with Gasteiger partial charge in [-0.15, -0.1) is 0 Å². The van der Waals surface area contributed by atoms with Crippen LogP contribution in [0.15, 0.2) is 21.6 Å². The van der Waals surface area contributed by atoms with Crippen molar-refractivity contribution in [3.63, 3.8) is 0 Å². The fourth-order valence-corrected chi connectivity index (χ4v) is 2.03. The van der Waals surface area contributed by atoms with Crippen molar-refractivity contribution in [2.24, 2.45) is 0 Å². The number of nitrogens with one attached hydrogen (secondary N) is 1. The summed E-state index contributed by atoms with van der Waals surface area (Å²) in [6.45, 7) is 0.464. The van der Waals surface area contributed by atoms with Crippen molar-refractivity contribution in [2.75, 3.05) is 34.7 Å². The molecule has 0 saturated heterocycles. The van der Waals surface area contributed by atoms with E-state index in [2.05, 4.69) is 5.32 Å². The van der Waals surface area contributed by atoms with E-state index in [-0.39, 0.29) is 17.5 Å². The van der Waals surface area contributed by atoms with Gasteiger partial charge in [0.05, 0.1) is 13.1 Å². The number of rotatable bonds is 6. The molecule has 0 atom stereocenters. The minimum atomic E-state index is -3.55. The summed E-state index contributed by atoms with van der Waals surface area (Å²) < 4.78 is 29.9. The Kier molecular flexibility index (Phi) is 5.10. The zero-order valence-electron chi connectivity index (χ0n) is 11.5. The third kappa shape index (κ3) is 4.05. The van der Waals surface area contributed by atoms with Crippen LogP contribution in [0.4, 0.5) is 0 Å². The largest absolute Gasteiger partial charge is 0.447 e. The maximum atomic E-state index is 11.8. The number of furan rings is 1. The van der Waals surface area contributed by atoms with E-state index in [1.54, 1.807) is 20.2 Å². The van der Waals surface area contributed by atoms with Gasteiger partial charge in [-0.2, -0.15) is 0 Å². The van der Waals surface area contributed by atoms with Gasteiger partial charge in [0, 0.05) is 28.2 Å². The molecule has 1 amide bonds. The summed E-state index contributed by atoms with van der Waals surface area (Å²) >= 11 is 0. The van der Waals surface area contributed by atoms with Crippen molar-refractivity contribution in [1.82, 2.24) is 14.5 Å². The number of sulfonamides is 1. The number of likely N-dealkylation sites (N-methyl/N-ethyl adjacent to an activating group) is 1. The number of carbonyl (C=O) groups is 1. The second-order valence-corrected chi connectivity index (χ2v) is 6.48. The van der Waals surface area contributed by atoms with Crippen LogP contribution >= 0.6 is 0 Å². The molecule has 8 heteroatoms. The molecule has 1 N–H and O–H groups in total. The number of carbonyl (C=O) groups excluding carboxylic acids is 1. The summed E-state index contributed by atoms with van der Waals surface area (Å²) in [6, 6.07) is 2.98. The third-order valence-electron chi connectivity index (χ3n) is 2.45. The van der Waals surface area contributed by atoms with Gasteiger partial charge < -0.3 is 14.6 Å². The van der Waals surface area contributed by atoms with Crippen molar-refractivity contribution in [3.8, 4) is 0 Å². The highest BCUT2D eigenvalue weighted by Crippen LogP contribution is 2.16. The molecule has 0 radical (unpaired) electrons. The summed E-state index contributed by atoms with van der Waals surface area (Å²) in [7, 11) is 2.66. The molecule has 1 aromatic rings. The fraction of sp³-hybridized carbons (Fsp3) is 0.545. The normalized spacial score (nSPS) is 11.8. The number of nitrogens with zero attached hydrogens (tertiary/aromatic N) is 2. The van der Waals surface area contributed by atoms with E-state index in [1.807, 2.05) is 0 Å². The molecule has 1 rings (SSSR count). The Balaban J connectivity index is 2.60. The zero-order chi connectivity index (χ0) is 14.6. The first-order chi connectivity index (χ1) is 8.75. The maximum Gasteiger partial charge on any atom is 0.275 e. The predicted octanol–water partition coefficient (Wildman–Crippen LogP) is -0.292. The first kappa shape index (κ1) is 15.7. The highest BCUT2D eigenvalue weighted by molar-refractivity contribution is 7.88. The van der Waals surface area contributed by atoms with Crippen molar-refractivity contribution >= 4 is 15.9 Å². The molecule has 108 valence electrons. The average Bonchev–Trinajstić information content (AvgIpc) is 2.77. The van der Waals surface area contributed by atoms with Gasteiger partial charge in [0.2, 0.25) is 11.0 Å². The third-order valence-corrected chi connectivity index (χ3v) is 4.14. The van der Waals surface area contributed by atoms with E-state index < -0.39 is 10.0 Å². The predicted molar refractivity (Wildman–Crippen MR) is 70.0 cm³/mol. The van der Waals surface area contributed by atoms with Gasteiger partial charge >= 0.3 is 0 Å². The summed E-state index contributed by atoms with van der Waals surface area (Å²) in [5.74, 6) is 0.402. The molecule has 0 aliphatic heterocycles. The Morgan fingerprint density at radius 3 is 2.42 bits per heavy atom. The Hall–Kier alpha value is -1.38. The van der Waals surface area contributed by atoms with E-state index in [4.69, 9.17) is 4.42 Å². The van der Waals surface area contributed by atoms with Gasteiger partial charge in [-0.05, 0) is 12.1 Å². The minimum absolute atomic E-state index is 0.0623. The van der Waals surface area contributed by atoms with Gasteiger partial charge in [0.15, 0.2) is 0 Å². The van der Waals surface area contributed by atoms with Crippen LogP contribution in [0.5, 0.6) is 0 Å². The van der Waals surface area contributed by atoms with Gasteiger partial charge in [0.25, 0.3) is 10.0 Å². The molecular formula is C11H19N3O4S. The summed E-state index contributed by atoms with van der Waals surface area (Å²) in [5, 5.41) is 2.78. The molecule has 0 saturated carbocycles. The Labute approximate surface area is 113 Å². The van der Waals surface area contributed by atoms with Crippen LogP contribution in [0.25, 0.3) is 0 Å². The summed E-state index contributed by atoms with van der Waals surface area (Å²) in [5.41, 5.74) is 0. The Morgan fingerprint density at radius 1 is 1.26 bits per heavy atom. The first-order valence-electron chi connectivity index (χ1n) is 5.67. The fourth-order valence-electron chi connectivity index (χ4n) is 1.22. The quantitative estimate of drug-likeness (QED) is 0.778. The second-order valence-electron chi connectivity index (χ2n) is 4.40. The smallest absolute Gasteiger partial charge is 0.275 e. The summed E-state index contributed by atoms with van der Waals surface area (Å²) in [6.07, 6.45) is 0. The molecule has 0 aromatic carbocycles. The van der Waals surface area contributed by atoms with E-state index in [1.165, 1.54) is 25.1 Å². The van der Waals surface area contributed by atoms with Gasteiger partial charge in [-0.25, -0.2) is 12.7 Å². The molecule has 19 heavy (non-hydrogen) atoms. The highest BCUT2D eigenvalue weighted by atomic mass is 32.2. The van der Waals surface area contributed by atoms with Crippen molar-refractivity contribution in [2.45, 2.75) is 11.6 Å². The second kappa shape index (κ2) is 6.18. The molecule has 0 spiro atoms. The molecule has 7 nitrogen and oxygen atoms in total. The monoisotopic (exact) mass is 289 g/mol. The number of hydrogen-bond donors (Lipinski definition) is 1. The van der Waals surface area contributed by atoms with Crippen LogP contribution in [0.1, 0.15) is 5.76 Å². The lowest BCUT2D eigenvalue weighted by Crippen LogP contribution is -2.32. The van der Waals surface area contributed by atoms with Crippen LogP contribution < -0.4 is 5.32 Å². The van der Waals surface area contributed by atoms with Crippen molar-refractivity contribution in [3.05, 3.63) is 17.9 Å². The lowest BCUT2D eigenvalue weighted by atomic mass is 10.4. The van der Waals surface area contributed by atoms with Crippen molar-refractivity contribution in [1.29, 1.82) is 0 Å². The first-order valence-corrected chi connectivity index (χ1v) is 7.11. The zero-order valence-corrected chi connectivity index (χ0v) is 12.3. The molecular weight excluding hydrogens is 270 g/mol. The SMILES string of the molecule is CN(C)C(=O)CNCc1ccc(S(=O)(=O)N(C)C)o1. The minimum Gasteiger partial charge on any atom is -0.447 e. The van der Waals surface area contributed by atoms with Crippen molar-refractivity contribution < 1.29 is 17.6 Å². The van der Waals surface area contributed by atoms with Gasteiger partial charge in [-0.3, -0.25) is 4.79 Å². The molecule has 0 bridgehead atoms. The molecule has 1 heterocycles. The Bertz CT molecular complexity index is 534. The van der Waals surface area contributed by atoms with Crippen LogP contribution in [0.3, 0.4) is 0 Å². The highest BCUT2D eigenvalue weighted by Gasteiger charge is 2.21. The molecule has 0 unspecified atom stereocenters. The van der Waals surface area contributed by atoms with E-state index in [9.17, 15) is 13.2 Å². The van der Waals surface area contributed by atoms with Crippen LogP contribution in [-0.2, 0) is 21.4 Å². The Morgan fingerprint density at radius 2 is 1.89 bits per heavy atom. The standard InChI is InChI=1S/C11H19N3O4S/c1-13(2)10(15)8-12-7-9-5-6-11(18-9)19(16,17)14(3)4/h5-6,12H,7-8H2,1-4H3. The lowest BCUT2D eigenvalue weighted by molar-refractivity contribution is -0.127. The summed E-state index contributed by atoms with van der Waals surface area (Å²) in [4.78, 5) is 12.8. The number of hydrogen-bond acceptors (Lipinski definition) is 5. The van der Waals surface area contributed by atoms with Crippen LogP contribution in [0, 0.1) is 0 Å². The maximum absolute atomic E-state index is 11.8. The van der Waals surface area contributed by atoms with E-state index in [0.29, 0.717) is 12.3 Å². The van der Waals surface area contributed by atoms with Crippen LogP contribution in [-0.4, -0.2) is 58.3 Å². The number of amides is 1. The van der Waals surface area contributed by atoms with E-state index >= 15 is 0 Å². The van der Waals surface area contributed by atoms with Gasteiger partial charge in [-0.1, -0.05) is 0 Å². The lowest BCUT2D eigenvalue weighted by Gasteiger charge is -2.10. The van der Waals surface area contributed by atoms with Crippen LogP contribution in [0.2, 0.25) is 0 Å². The topological polar surface area (TPSA) is 82.9 Å². The average molecular weight is 289 g/mol.